The molecule has 9 heavy (non-hydrogen) atoms. The lowest BCUT2D eigenvalue weighted by molar-refractivity contribution is -0.107. The maximum Gasteiger partial charge on any atom is 0.160 e. The highest BCUT2D eigenvalue weighted by molar-refractivity contribution is 5.48. The Hall–Kier alpha value is -0.840. The van der Waals surface area contributed by atoms with Gasteiger partial charge in [-0.3, -0.25) is 0 Å². The molecule has 0 heterocycles. The first-order valence-electron chi connectivity index (χ1n) is 2.85. The molecule has 1 nitrogen and oxygen atoms in total. The van der Waals surface area contributed by atoms with Crippen molar-refractivity contribution >= 4 is 6.29 Å². The minimum atomic E-state index is -1.18. The molecule has 0 aliphatic carbocycles. The van der Waals surface area contributed by atoms with Gasteiger partial charge in [-0.05, 0) is 12.8 Å². The Bertz CT molecular complexity index is 115. The van der Waals surface area contributed by atoms with E-state index >= 15 is 0 Å². The van der Waals surface area contributed by atoms with Crippen molar-refractivity contribution in [2.75, 3.05) is 0 Å². The van der Waals surface area contributed by atoms with Crippen molar-refractivity contribution in [2.24, 2.45) is 0 Å². The molecule has 1 atom stereocenters. The van der Waals surface area contributed by atoms with Crippen LogP contribution in [0.2, 0.25) is 0 Å². The summed E-state index contributed by atoms with van der Waals surface area (Å²) in [5.41, 5.74) is 0. The fourth-order valence-corrected chi connectivity index (χ4v) is 0.464. The van der Waals surface area contributed by atoms with Crippen molar-refractivity contribution < 1.29 is 9.18 Å². The van der Waals surface area contributed by atoms with Crippen LogP contribution in [0, 0.1) is 12.3 Å². The summed E-state index contributed by atoms with van der Waals surface area (Å²) in [6.07, 6.45) is 5.59. The summed E-state index contributed by atoms with van der Waals surface area (Å²) in [5.74, 6) is 1.94. The van der Waals surface area contributed by atoms with E-state index in [0.29, 0.717) is 19.3 Å². The van der Waals surface area contributed by atoms with Crippen LogP contribution in [0.15, 0.2) is 0 Å². The molecule has 0 rings (SSSR count). The maximum absolute atomic E-state index is 12.1. The molecular formula is C7H9FO. The fraction of sp³-hybridized carbons (Fsp3) is 0.571. The molecule has 0 amide bonds. The molecule has 2 heteroatoms. The van der Waals surface area contributed by atoms with Gasteiger partial charge in [0.1, 0.15) is 6.29 Å². The number of hydrogen-bond acceptors (Lipinski definition) is 1. The third-order valence-corrected chi connectivity index (χ3v) is 0.960. The number of unbranched alkanes of at least 4 members (excludes halogenated alkanes) is 1. The Morgan fingerprint density at radius 3 is 2.89 bits per heavy atom. The zero-order chi connectivity index (χ0) is 7.11. The summed E-state index contributed by atoms with van der Waals surface area (Å²) >= 11 is 0. The van der Waals surface area contributed by atoms with Crippen molar-refractivity contribution in [3.63, 3.8) is 0 Å². The predicted octanol–water partition coefficient (Wildman–Crippen LogP) is 1.33. The van der Waals surface area contributed by atoms with Crippen molar-refractivity contribution in [2.45, 2.75) is 25.4 Å². The average Bonchev–Trinajstić information content (AvgIpc) is 1.89. The van der Waals surface area contributed by atoms with Crippen LogP contribution in [-0.4, -0.2) is 12.5 Å². The molecule has 0 bridgehead atoms. The summed E-state index contributed by atoms with van der Waals surface area (Å²) in [7, 11) is 0. The molecular weight excluding hydrogens is 119 g/mol. The first-order chi connectivity index (χ1) is 4.31. The molecule has 50 valence electrons. The lowest BCUT2D eigenvalue weighted by atomic mass is 10.2. The molecule has 0 aromatic heterocycles. The Morgan fingerprint density at radius 1 is 1.78 bits per heavy atom. The van der Waals surface area contributed by atoms with Gasteiger partial charge in [-0.2, -0.15) is 0 Å². The van der Waals surface area contributed by atoms with Gasteiger partial charge in [0.25, 0.3) is 0 Å². The Balaban J connectivity index is 3.08. The number of aldehydes is 1. The highest BCUT2D eigenvalue weighted by Crippen LogP contribution is 2.01. The van der Waals surface area contributed by atoms with Crippen molar-refractivity contribution in [3.8, 4) is 12.3 Å². The van der Waals surface area contributed by atoms with E-state index in [1.165, 1.54) is 0 Å². The van der Waals surface area contributed by atoms with Crippen LogP contribution in [0.5, 0.6) is 0 Å². The molecule has 0 aliphatic rings. The number of carbonyl (C=O) groups excluding carboxylic acids is 1. The van der Waals surface area contributed by atoms with Gasteiger partial charge >= 0.3 is 0 Å². The zero-order valence-corrected chi connectivity index (χ0v) is 5.14. The molecule has 1 unspecified atom stereocenters. The molecule has 0 spiro atoms. The van der Waals surface area contributed by atoms with E-state index in [1.807, 2.05) is 5.92 Å². The van der Waals surface area contributed by atoms with Crippen LogP contribution in [-0.2, 0) is 4.79 Å². The third kappa shape index (κ3) is 5.02. The number of halogens is 1. The topological polar surface area (TPSA) is 17.1 Å². The van der Waals surface area contributed by atoms with Gasteiger partial charge in [-0.15, -0.1) is 6.42 Å². The van der Waals surface area contributed by atoms with E-state index in [9.17, 15) is 9.18 Å². The second-order valence-electron chi connectivity index (χ2n) is 1.73. The summed E-state index contributed by atoms with van der Waals surface area (Å²) in [6.45, 7) is 0. The summed E-state index contributed by atoms with van der Waals surface area (Å²) < 4.78 is 12.1. The monoisotopic (exact) mass is 128 g/mol. The van der Waals surface area contributed by atoms with Crippen LogP contribution >= 0.6 is 0 Å². The quantitative estimate of drug-likeness (QED) is 0.317. The largest absolute Gasteiger partial charge is 0.303 e. The van der Waals surface area contributed by atoms with Crippen molar-refractivity contribution in [1.29, 1.82) is 0 Å². The standard InChI is InChI=1S/C7H9FO/c1-2-7(8)5-3-4-6-9/h1,6-7H,3-5H2. The lowest BCUT2D eigenvalue weighted by Gasteiger charge is -1.94. The second-order valence-corrected chi connectivity index (χ2v) is 1.73. The molecule has 0 fully saturated rings. The predicted molar refractivity (Wildman–Crippen MR) is 33.6 cm³/mol. The molecule has 0 aromatic carbocycles. The highest BCUT2D eigenvalue weighted by Gasteiger charge is 1.98. The van der Waals surface area contributed by atoms with Crippen LogP contribution in [0.1, 0.15) is 19.3 Å². The summed E-state index contributed by atoms with van der Waals surface area (Å²) in [4.78, 5) is 9.70. The Kier molecular flexibility index (Phi) is 4.81. The van der Waals surface area contributed by atoms with Crippen LogP contribution in [0.3, 0.4) is 0 Å². The zero-order valence-electron chi connectivity index (χ0n) is 5.14. The summed E-state index contributed by atoms with van der Waals surface area (Å²) in [6, 6.07) is 0. The normalized spacial score (nSPS) is 12.0. The van der Waals surface area contributed by atoms with Crippen LogP contribution in [0.4, 0.5) is 4.39 Å². The van der Waals surface area contributed by atoms with E-state index in [2.05, 4.69) is 0 Å². The molecule has 0 N–H and O–H groups in total. The number of hydrogen-bond donors (Lipinski definition) is 0. The van der Waals surface area contributed by atoms with Crippen molar-refractivity contribution in [3.05, 3.63) is 0 Å². The van der Waals surface area contributed by atoms with Crippen LogP contribution in [0.25, 0.3) is 0 Å². The minimum Gasteiger partial charge on any atom is -0.303 e. The molecule has 0 saturated heterocycles. The van der Waals surface area contributed by atoms with Gasteiger partial charge in [0.2, 0.25) is 0 Å². The smallest absolute Gasteiger partial charge is 0.160 e. The van der Waals surface area contributed by atoms with Gasteiger partial charge in [0.15, 0.2) is 6.17 Å². The molecule has 0 radical (unpaired) electrons. The maximum atomic E-state index is 12.1. The van der Waals surface area contributed by atoms with Gasteiger partial charge < -0.3 is 4.79 Å². The number of terminal acetylenes is 1. The first-order valence-corrected chi connectivity index (χ1v) is 2.85. The second kappa shape index (κ2) is 5.30. The Morgan fingerprint density at radius 2 is 2.44 bits per heavy atom. The van der Waals surface area contributed by atoms with Crippen LogP contribution < -0.4 is 0 Å². The summed E-state index contributed by atoms with van der Waals surface area (Å²) in [5, 5.41) is 0. The minimum absolute atomic E-state index is 0.301. The molecule has 0 aromatic rings. The first kappa shape index (κ1) is 8.16. The number of rotatable bonds is 4. The van der Waals surface area contributed by atoms with E-state index in [-0.39, 0.29) is 0 Å². The number of carbonyl (C=O) groups is 1. The number of alkyl halides is 1. The molecule has 0 saturated carbocycles. The fourth-order valence-electron chi connectivity index (χ4n) is 0.464. The van der Waals surface area contributed by atoms with Gasteiger partial charge in [-0.25, -0.2) is 4.39 Å². The van der Waals surface area contributed by atoms with E-state index in [1.54, 1.807) is 0 Å². The SMILES string of the molecule is C#CC(F)CCCC=O. The van der Waals surface area contributed by atoms with E-state index in [0.717, 1.165) is 6.29 Å². The highest BCUT2D eigenvalue weighted by atomic mass is 19.1. The average molecular weight is 128 g/mol. The van der Waals surface area contributed by atoms with E-state index in [4.69, 9.17) is 6.42 Å². The van der Waals surface area contributed by atoms with Gasteiger partial charge in [-0.1, -0.05) is 5.92 Å². The molecule has 0 aliphatic heterocycles. The lowest BCUT2D eigenvalue weighted by Crippen LogP contribution is -1.94. The van der Waals surface area contributed by atoms with E-state index < -0.39 is 6.17 Å². The third-order valence-electron chi connectivity index (χ3n) is 0.960. The van der Waals surface area contributed by atoms with Gasteiger partial charge in [0, 0.05) is 6.42 Å². The Labute approximate surface area is 54.3 Å². The van der Waals surface area contributed by atoms with Crippen molar-refractivity contribution in [1.82, 2.24) is 0 Å². The van der Waals surface area contributed by atoms with Gasteiger partial charge in [0.05, 0.1) is 0 Å².